The summed E-state index contributed by atoms with van der Waals surface area (Å²) in [4.78, 5) is 9.66. The van der Waals surface area contributed by atoms with Gasteiger partial charge in [-0.05, 0) is 6.92 Å². The average molecular weight is 133 g/mol. The van der Waals surface area contributed by atoms with Crippen molar-refractivity contribution in [1.82, 2.24) is 0 Å². The first kappa shape index (κ1) is 8.39. The summed E-state index contributed by atoms with van der Waals surface area (Å²) < 4.78 is 4.44. The molecule has 0 aromatic heterocycles. The van der Waals surface area contributed by atoms with Gasteiger partial charge >= 0.3 is 0 Å². The molecule has 0 spiro atoms. The lowest BCUT2D eigenvalue weighted by atomic mass is 10.4. The summed E-state index contributed by atoms with van der Waals surface area (Å²) in [5.74, 6) is -1.27. The Morgan fingerprint density at radius 3 is 2.78 bits per heavy atom. The highest BCUT2D eigenvalue weighted by molar-refractivity contribution is 5.65. The monoisotopic (exact) mass is 133 g/mol. The van der Waals surface area contributed by atoms with Gasteiger partial charge in [-0.2, -0.15) is 0 Å². The fourth-order valence-electron chi connectivity index (χ4n) is 0.313. The van der Waals surface area contributed by atoms with E-state index in [2.05, 4.69) is 4.74 Å². The Morgan fingerprint density at radius 1 is 1.89 bits per heavy atom. The van der Waals surface area contributed by atoms with Crippen molar-refractivity contribution < 1.29 is 19.7 Å². The lowest BCUT2D eigenvalue weighted by Gasteiger charge is -2.05. The molecule has 0 heterocycles. The first-order valence-corrected chi connectivity index (χ1v) is 2.58. The molecule has 4 heteroatoms. The first-order chi connectivity index (χ1) is 4.13. The van der Waals surface area contributed by atoms with Crippen LogP contribution in [0.2, 0.25) is 0 Å². The van der Waals surface area contributed by atoms with Crippen molar-refractivity contribution in [2.45, 2.75) is 13.0 Å². The van der Waals surface area contributed by atoms with E-state index in [0.29, 0.717) is 0 Å². The van der Waals surface area contributed by atoms with Gasteiger partial charge in [-0.1, -0.05) is 0 Å². The molecule has 1 unspecified atom stereocenters. The van der Waals surface area contributed by atoms with Crippen molar-refractivity contribution in [1.29, 1.82) is 0 Å². The minimum Gasteiger partial charge on any atom is -0.548 e. The zero-order valence-electron chi connectivity index (χ0n) is 5.16. The quantitative estimate of drug-likeness (QED) is 0.488. The third-order valence-electron chi connectivity index (χ3n) is 0.579. The molecule has 0 aliphatic rings. The van der Waals surface area contributed by atoms with Crippen LogP contribution in [0.25, 0.3) is 0 Å². The predicted molar refractivity (Wildman–Crippen MR) is 27.5 cm³/mol. The highest BCUT2D eigenvalue weighted by Crippen LogP contribution is 1.80. The van der Waals surface area contributed by atoms with Crippen LogP contribution >= 0.6 is 0 Å². The fourth-order valence-corrected chi connectivity index (χ4v) is 0.313. The second-order valence-corrected chi connectivity index (χ2v) is 1.74. The van der Waals surface area contributed by atoms with E-state index in [1.165, 1.54) is 6.92 Å². The number of ether oxygens (including phenoxy) is 1. The van der Waals surface area contributed by atoms with Gasteiger partial charge in [0, 0.05) is 0 Å². The van der Waals surface area contributed by atoms with E-state index < -0.39 is 18.7 Å². The van der Waals surface area contributed by atoms with E-state index in [1.807, 2.05) is 0 Å². The number of carboxylic acid groups (broad SMARTS) is 1. The van der Waals surface area contributed by atoms with Crippen LogP contribution in [0.5, 0.6) is 0 Å². The summed E-state index contributed by atoms with van der Waals surface area (Å²) in [6, 6.07) is 0. The second-order valence-electron chi connectivity index (χ2n) is 1.74. The summed E-state index contributed by atoms with van der Waals surface area (Å²) in [7, 11) is 0. The zero-order valence-corrected chi connectivity index (χ0v) is 5.16. The molecule has 0 radical (unpaired) electrons. The number of hydrogen-bond acceptors (Lipinski definition) is 4. The third-order valence-corrected chi connectivity index (χ3v) is 0.579. The molecule has 54 valence electrons. The van der Waals surface area contributed by atoms with Crippen LogP contribution in [0.15, 0.2) is 0 Å². The molecule has 1 atom stereocenters. The van der Waals surface area contributed by atoms with Crippen LogP contribution in [0.3, 0.4) is 0 Å². The van der Waals surface area contributed by atoms with E-state index in [0.717, 1.165) is 0 Å². The Bertz CT molecular complexity index is 89.0. The van der Waals surface area contributed by atoms with E-state index in [4.69, 9.17) is 5.11 Å². The van der Waals surface area contributed by atoms with Gasteiger partial charge in [0.2, 0.25) is 0 Å². The molecule has 9 heavy (non-hydrogen) atoms. The van der Waals surface area contributed by atoms with Crippen LogP contribution in [0.1, 0.15) is 6.92 Å². The maximum absolute atomic E-state index is 9.66. The molecule has 4 nitrogen and oxygen atoms in total. The molecular weight excluding hydrogens is 124 g/mol. The van der Waals surface area contributed by atoms with E-state index >= 15 is 0 Å². The molecule has 0 fully saturated rings. The zero-order chi connectivity index (χ0) is 7.28. The molecule has 0 aromatic carbocycles. The van der Waals surface area contributed by atoms with Crippen molar-refractivity contribution in [2.24, 2.45) is 0 Å². The molecule has 0 saturated carbocycles. The Balaban J connectivity index is 3.01. The summed E-state index contributed by atoms with van der Waals surface area (Å²) in [6.07, 6.45) is -0.621. The number of carboxylic acids is 1. The number of aliphatic hydroxyl groups excluding tert-OH is 1. The molecule has 1 N–H and O–H groups in total. The van der Waals surface area contributed by atoms with Gasteiger partial charge in [0.25, 0.3) is 0 Å². The van der Waals surface area contributed by atoms with Crippen LogP contribution in [0, 0.1) is 0 Å². The van der Waals surface area contributed by atoms with Crippen LogP contribution < -0.4 is 5.11 Å². The first-order valence-electron chi connectivity index (χ1n) is 2.58. The molecule has 0 aromatic rings. The lowest BCUT2D eigenvalue weighted by molar-refractivity contribution is -0.309. The third kappa shape index (κ3) is 7.39. The molecule has 0 bridgehead atoms. The van der Waals surface area contributed by atoms with E-state index in [9.17, 15) is 9.90 Å². The molecule has 0 rings (SSSR count). The van der Waals surface area contributed by atoms with E-state index in [-0.39, 0.29) is 6.61 Å². The second kappa shape index (κ2) is 4.29. The molecule has 0 aliphatic carbocycles. The maximum Gasteiger partial charge on any atom is 0.0862 e. The van der Waals surface area contributed by atoms with Crippen molar-refractivity contribution in [3.63, 3.8) is 0 Å². The predicted octanol–water partition coefficient (Wildman–Crippen LogP) is -1.87. The Kier molecular flexibility index (Phi) is 4.00. The highest BCUT2D eigenvalue weighted by atomic mass is 16.5. The minimum atomic E-state index is -1.27. The summed E-state index contributed by atoms with van der Waals surface area (Å²) in [6.45, 7) is 1.09. The van der Waals surface area contributed by atoms with Crippen LogP contribution in [-0.4, -0.2) is 30.4 Å². The van der Waals surface area contributed by atoms with Crippen LogP contribution in [0.4, 0.5) is 0 Å². The van der Waals surface area contributed by atoms with Gasteiger partial charge in [-0.3, -0.25) is 0 Å². The van der Waals surface area contributed by atoms with Gasteiger partial charge < -0.3 is 19.7 Å². The number of aliphatic hydroxyl groups is 1. The van der Waals surface area contributed by atoms with Crippen molar-refractivity contribution in [3.05, 3.63) is 0 Å². The molecule has 0 amide bonds. The highest BCUT2D eigenvalue weighted by Gasteiger charge is 1.93. The number of aliphatic carboxylic acids is 1. The van der Waals surface area contributed by atoms with Gasteiger partial charge in [-0.15, -0.1) is 0 Å². The Hall–Kier alpha value is -0.610. The minimum absolute atomic E-state index is 0.0357. The number of carbonyl (C=O) groups excluding carboxylic acids is 1. The lowest BCUT2D eigenvalue weighted by Crippen LogP contribution is -2.28. The summed E-state index contributed by atoms with van der Waals surface area (Å²) in [5.41, 5.74) is 0. The Labute approximate surface area is 53.1 Å². The maximum atomic E-state index is 9.66. The Morgan fingerprint density at radius 2 is 2.44 bits per heavy atom. The fraction of sp³-hybridized carbons (Fsp3) is 0.800. The summed E-state index contributed by atoms with van der Waals surface area (Å²) >= 11 is 0. The molecule has 0 saturated heterocycles. The largest absolute Gasteiger partial charge is 0.548 e. The number of carbonyl (C=O) groups is 1. The van der Waals surface area contributed by atoms with Gasteiger partial charge in [0.1, 0.15) is 0 Å². The average Bonchev–Trinajstić information content (AvgIpc) is 1.63. The topological polar surface area (TPSA) is 69.6 Å². The van der Waals surface area contributed by atoms with Gasteiger partial charge in [0.15, 0.2) is 0 Å². The standard InChI is InChI=1S/C5H10O4/c1-4(6)2-9-3-5(7)8/h4,6H,2-3H2,1H3,(H,7,8)/p-1. The number of rotatable bonds is 4. The molecule has 0 aliphatic heterocycles. The van der Waals surface area contributed by atoms with Gasteiger partial charge in [-0.25, -0.2) is 0 Å². The molecular formula is C5H9O4-. The van der Waals surface area contributed by atoms with Crippen LogP contribution in [-0.2, 0) is 9.53 Å². The number of hydrogen-bond donors (Lipinski definition) is 1. The van der Waals surface area contributed by atoms with Crippen molar-refractivity contribution >= 4 is 5.97 Å². The smallest absolute Gasteiger partial charge is 0.0862 e. The van der Waals surface area contributed by atoms with Crippen molar-refractivity contribution in [3.8, 4) is 0 Å². The van der Waals surface area contributed by atoms with Crippen molar-refractivity contribution in [2.75, 3.05) is 13.2 Å². The van der Waals surface area contributed by atoms with Gasteiger partial charge in [0.05, 0.1) is 25.3 Å². The SMILES string of the molecule is CC(O)COCC(=O)[O-]. The van der Waals surface area contributed by atoms with E-state index in [1.54, 1.807) is 0 Å². The normalized spacial score (nSPS) is 13.1. The summed E-state index contributed by atoms with van der Waals surface area (Å²) in [5, 5.41) is 18.2.